The number of anilines is 2. The molecule has 186 valence electrons. The second kappa shape index (κ2) is 9.88. The van der Waals surface area contributed by atoms with Gasteiger partial charge in [0.25, 0.3) is 12.3 Å². The number of rotatable bonds is 9. The quantitative estimate of drug-likeness (QED) is 0.295. The SMILES string of the molecule is CC(C)c1ccc(-n2cc(NC(=O)c3coc(-c4ccnc(NCC5CC5)c4)n3)c(C(F)F)n2)cc1. The van der Waals surface area contributed by atoms with Gasteiger partial charge in [0.1, 0.15) is 12.1 Å². The van der Waals surface area contributed by atoms with Crippen LogP contribution in [0.3, 0.4) is 0 Å². The van der Waals surface area contributed by atoms with Gasteiger partial charge in [-0.1, -0.05) is 26.0 Å². The van der Waals surface area contributed by atoms with Crippen LogP contribution in [0, 0.1) is 5.92 Å². The number of benzene rings is 1. The van der Waals surface area contributed by atoms with Gasteiger partial charge < -0.3 is 15.1 Å². The highest BCUT2D eigenvalue weighted by Crippen LogP contribution is 2.30. The molecule has 0 spiro atoms. The monoisotopic (exact) mass is 492 g/mol. The highest BCUT2D eigenvalue weighted by Gasteiger charge is 2.23. The van der Waals surface area contributed by atoms with E-state index in [9.17, 15) is 13.6 Å². The Morgan fingerprint density at radius 1 is 1.19 bits per heavy atom. The van der Waals surface area contributed by atoms with E-state index in [2.05, 4.69) is 39.5 Å². The molecule has 3 heterocycles. The number of halogens is 2. The van der Waals surface area contributed by atoms with E-state index in [4.69, 9.17) is 4.42 Å². The molecular formula is C26H26F2N6O2. The van der Waals surface area contributed by atoms with E-state index >= 15 is 0 Å². The summed E-state index contributed by atoms with van der Waals surface area (Å²) in [7, 11) is 0. The molecule has 0 unspecified atom stereocenters. The largest absolute Gasteiger partial charge is 0.444 e. The Morgan fingerprint density at radius 2 is 1.97 bits per heavy atom. The minimum Gasteiger partial charge on any atom is -0.444 e. The molecule has 0 saturated heterocycles. The van der Waals surface area contributed by atoms with E-state index < -0.39 is 18.0 Å². The lowest BCUT2D eigenvalue weighted by molar-refractivity contribution is 0.102. The Balaban J connectivity index is 1.32. The third-order valence-corrected chi connectivity index (χ3v) is 6.03. The van der Waals surface area contributed by atoms with E-state index in [1.54, 1.807) is 30.5 Å². The molecule has 1 amide bonds. The number of hydrogen-bond acceptors (Lipinski definition) is 6. The maximum absolute atomic E-state index is 13.7. The van der Waals surface area contributed by atoms with Crippen molar-refractivity contribution in [1.29, 1.82) is 0 Å². The van der Waals surface area contributed by atoms with Crippen LogP contribution in [0.2, 0.25) is 0 Å². The smallest absolute Gasteiger partial charge is 0.284 e. The summed E-state index contributed by atoms with van der Waals surface area (Å²) < 4.78 is 34.2. The number of carbonyl (C=O) groups is 1. The number of nitrogens with one attached hydrogen (secondary N) is 2. The van der Waals surface area contributed by atoms with E-state index in [1.807, 2.05) is 12.1 Å². The zero-order chi connectivity index (χ0) is 25.2. The molecule has 0 radical (unpaired) electrons. The average molecular weight is 493 g/mol. The lowest BCUT2D eigenvalue weighted by atomic mass is 10.0. The van der Waals surface area contributed by atoms with Gasteiger partial charge in [-0.3, -0.25) is 4.79 Å². The fourth-order valence-electron chi connectivity index (χ4n) is 3.72. The summed E-state index contributed by atoms with van der Waals surface area (Å²) in [6.07, 6.45) is 3.77. The van der Waals surface area contributed by atoms with E-state index in [0.717, 1.165) is 12.1 Å². The van der Waals surface area contributed by atoms with Gasteiger partial charge in [0, 0.05) is 18.3 Å². The normalized spacial score (nSPS) is 13.4. The van der Waals surface area contributed by atoms with E-state index in [0.29, 0.717) is 28.9 Å². The highest BCUT2D eigenvalue weighted by molar-refractivity contribution is 6.03. The van der Waals surface area contributed by atoms with Crippen molar-refractivity contribution >= 4 is 17.4 Å². The number of hydrogen-bond donors (Lipinski definition) is 2. The van der Waals surface area contributed by atoms with Crippen LogP contribution in [0.25, 0.3) is 17.1 Å². The van der Waals surface area contributed by atoms with Crippen molar-refractivity contribution in [2.75, 3.05) is 17.2 Å². The van der Waals surface area contributed by atoms with Crippen molar-refractivity contribution in [1.82, 2.24) is 19.7 Å². The van der Waals surface area contributed by atoms with Crippen LogP contribution < -0.4 is 10.6 Å². The van der Waals surface area contributed by atoms with Gasteiger partial charge in [-0.2, -0.15) is 5.10 Å². The van der Waals surface area contributed by atoms with Crippen LogP contribution in [0.1, 0.15) is 60.8 Å². The van der Waals surface area contributed by atoms with Gasteiger partial charge in [-0.25, -0.2) is 23.4 Å². The van der Waals surface area contributed by atoms with E-state index in [1.165, 1.54) is 30.0 Å². The van der Waals surface area contributed by atoms with Crippen LogP contribution in [0.5, 0.6) is 0 Å². The molecule has 1 fully saturated rings. The molecule has 3 aromatic heterocycles. The number of carbonyl (C=O) groups excluding carboxylic acids is 1. The minimum atomic E-state index is -2.87. The fourth-order valence-corrected chi connectivity index (χ4v) is 3.72. The first kappa shape index (κ1) is 23.7. The zero-order valence-electron chi connectivity index (χ0n) is 19.9. The predicted octanol–water partition coefficient (Wildman–Crippen LogP) is 6.06. The van der Waals surface area contributed by atoms with Crippen molar-refractivity contribution in [3.63, 3.8) is 0 Å². The van der Waals surface area contributed by atoms with Crippen LogP contribution in [0.15, 0.2) is 59.5 Å². The molecular weight excluding hydrogens is 466 g/mol. The van der Waals surface area contributed by atoms with Crippen LogP contribution in [-0.4, -0.2) is 32.2 Å². The van der Waals surface area contributed by atoms with E-state index in [-0.39, 0.29) is 17.3 Å². The molecule has 2 N–H and O–H groups in total. The first-order chi connectivity index (χ1) is 17.4. The third kappa shape index (κ3) is 5.27. The lowest BCUT2D eigenvalue weighted by Gasteiger charge is -2.06. The first-order valence-corrected chi connectivity index (χ1v) is 11.8. The summed E-state index contributed by atoms with van der Waals surface area (Å²) in [5, 5.41) is 9.77. The molecule has 0 aliphatic heterocycles. The molecule has 1 saturated carbocycles. The van der Waals surface area contributed by atoms with Gasteiger partial charge in [0.15, 0.2) is 11.4 Å². The summed E-state index contributed by atoms with van der Waals surface area (Å²) in [6.45, 7) is 5.00. The molecule has 4 aromatic rings. The van der Waals surface area contributed by atoms with Gasteiger partial charge in [-0.15, -0.1) is 0 Å². The molecule has 1 aliphatic carbocycles. The van der Waals surface area contributed by atoms with Crippen LogP contribution >= 0.6 is 0 Å². The van der Waals surface area contributed by atoms with Crippen molar-refractivity contribution in [2.45, 2.75) is 39.0 Å². The maximum atomic E-state index is 13.7. The van der Waals surface area contributed by atoms with Crippen molar-refractivity contribution in [2.24, 2.45) is 5.92 Å². The maximum Gasteiger partial charge on any atom is 0.284 e. The van der Waals surface area contributed by atoms with Crippen molar-refractivity contribution in [3.05, 3.63) is 72.0 Å². The molecule has 8 nitrogen and oxygen atoms in total. The highest BCUT2D eigenvalue weighted by atomic mass is 19.3. The van der Waals surface area contributed by atoms with Gasteiger partial charge in [0.05, 0.1) is 17.6 Å². The third-order valence-electron chi connectivity index (χ3n) is 6.03. The molecule has 1 aliphatic rings. The summed E-state index contributed by atoms with van der Waals surface area (Å²) in [5.41, 5.74) is 1.71. The molecule has 10 heteroatoms. The minimum absolute atomic E-state index is 0.0384. The molecule has 0 atom stereocenters. The topological polar surface area (TPSA) is 97.9 Å². The molecule has 5 rings (SSSR count). The zero-order valence-corrected chi connectivity index (χ0v) is 19.9. The number of nitrogens with zero attached hydrogens (tertiary/aromatic N) is 4. The van der Waals surface area contributed by atoms with Gasteiger partial charge in [-0.05, 0) is 54.5 Å². The Labute approximate surface area is 206 Å². The molecule has 0 bridgehead atoms. The number of pyridine rings is 1. The Hall–Kier alpha value is -4.08. The van der Waals surface area contributed by atoms with Crippen LogP contribution in [0.4, 0.5) is 20.3 Å². The Bertz CT molecular complexity index is 1360. The molecule has 36 heavy (non-hydrogen) atoms. The standard InChI is InChI=1S/C26H26F2N6O2/c1-15(2)17-5-7-19(8-6-17)34-13-20(23(33-34)24(27)28)31-25(35)21-14-36-26(32-21)18-9-10-29-22(11-18)30-12-16-3-4-16/h5-11,13-16,24H,3-4,12H2,1-2H3,(H,29,30)(H,31,35). The van der Waals surface area contributed by atoms with Crippen molar-refractivity contribution in [3.8, 4) is 17.1 Å². The fraction of sp³-hybridized carbons (Fsp3) is 0.308. The second-order valence-electron chi connectivity index (χ2n) is 9.17. The number of aromatic nitrogens is 4. The van der Waals surface area contributed by atoms with Gasteiger partial charge >= 0.3 is 0 Å². The summed E-state index contributed by atoms with van der Waals surface area (Å²) in [4.78, 5) is 21.3. The number of alkyl halides is 2. The average Bonchev–Trinajstić information content (AvgIpc) is 3.39. The Kier molecular flexibility index (Phi) is 6.49. The summed E-state index contributed by atoms with van der Waals surface area (Å²) in [5.74, 6) is 1.27. The predicted molar refractivity (Wildman–Crippen MR) is 132 cm³/mol. The lowest BCUT2D eigenvalue weighted by Crippen LogP contribution is -2.13. The van der Waals surface area contributed by atoms with Gasteiger partial charge in [0.2, 0.25) is 5.89 Å². The molecule has 1 aromatic carbocycles. The number of amides is 1. The summed E-state index contributed by atoms with van der Waals surface area (Å²) in [6, 6.07) is 11.0. The summed E-state index contributed by atoms with van der Waals surface area (Å²) >= 11 is 0. The van der Waals surface area contributed by atoms with Crippen molar-refractivity contribution < 1.29 is 18.0 Å². The Morgan fingerprint density at radius 3 is 2.67 bits per heavy atom. The second-order valence-corrected chi connectivity index (χ2v) is 9.17. The first-order valence-electron chi connectivity index (χ1n) is 11.8. The number of oxazole rings is 1. The van der Waals surface area contributed by atoms with Crippen LogP contribution in [-0.2, 0) is 0 Å².